The number of aryl methyl sites for hydroxylation is 1. The highest BCUT2D eigenvalue weighted by Crippen LogP contribution is 2.15. The second-order valence-corrected chi connectivity index (χ2v) is 2.27. The smallest absolute Gasteiger partial charge is 0.140 e. The van der Waals surface area contributed by atoms with Crippen molar-refractivity contribution < 1.29 is 4.74 Å². The molecule has 1 aromatic rings. The molecule has 0 radical (unpaired) electrons. The predicted molar refractivity (Wildman–Crippen MR) is 44.8 cm³/mol. The summed E-state index contributed by atoms with van der Waals surface area (Å²) in [7, 11) is 0. The van der Waals surface area contributed by atoms with Crippen LogP contribution in [0, 0.1) is 0 Å². The standard InChI is InChI=1S/C9H13NO/c1-3-8-5-6-10-7-9(8)11-4-2/h5-7H,3-4H2,1-2H3. The number of pyridine rings is 1. The Labute approximate surface area is 67.2 Å². The van der Waals surface area contributed by atoms with Crippen molar-refractivity contribution in [3.8, 4) is 5.75 Å². The topological polar surface area (TPSA) is 22.1 Å². The first-order chi connectivity index (χ1) is 5.38. The molecule has 0 atom stereocenters. The van der Waals surface area contributed by atoms with Gasteiger partial charge in [0.15, 0.2) is 0 Å². The van der Waals surface area contributed by atoms with Crippen molar-refractivity contribution in [3.05, 3.63) is 24.0 Å². The van der Waals surface area contributed by atoms with Crippen molar-refractivity contribution in [2.45, 2.75) is 20.3 Å². The summed E-state index contributed by atoms with van der Waals surface area (Å²) in [6.07, 6.45) is 4.56. The van der Waals surface area contributed by atoms with Gasteiger partial charge in [-0.25, -0.2) is 0 Å². The summed E-state index contributed by atoms with van der Waals surface area (Å²) in [4.78, 5) is 3.99. The van der Waals surface area contributed by atoms with Crippen molar-refractivity contribution >= 4 is 0 Å². The second kappa shape index (κ2) is 3.96. The summed E-state index contributed by atoms with van der Waals surface area (Å²) in [5.41, 5.74) is 1.22. The molecule has 0 unspecified atom stereocenters. The Bertz CT molecular complexity index is 223. The number of aromatic nitrogens is 1. The molecule has 11 heavy (non-hydrogen) atoms. The Hall–Kier alpha value is -1.05. The fraction of sp³-hybridized carbons (Fsp3) is 0.444. The van der Waals surface area contributed by atoms with Crippen molar-refractivity contribution in [2.75, 3.05) is 6.61 Å². The maximum absolute atomic E-state index is 5.37. The molecule has 2 nitrogen and oxygen atoms in total. The molecular formula is C9H13NO. The van der Waals surface area contributed by atoms with Gasteiger partial charge in [0.05, 0.1) is 12.8 Å². The van der Waals surface area contributed by atoms with Gasteiger partial charge in [-0.05, 0) is 25.0 Å². The zero-order valence-corrected chi connectivity index (χ0v) is 7.00. The van der Waals surface area contributed by atoms with Gasteiger partial charge in [-0.15, -0.1) is 0 Å². The third-order valence-electron chi connectivity index (χ3n) is 1.55. The van der Waals surface area contributed by atoms with Gasteiger partial charge in [0.25, 0.3) is 0 Å². The number of hydrogen-bond donors (Lipinski definition) is 0. The van der Waals surface area contributed by atoms with Crippen LogP contribution in [0.3, 0.4) is 0 Å². The molecule has 0 bridgehead atoms. The van der Waals surface area contributed by atoms with Gasteiger partial charge >= 0.3 is 0 Å². The van der Waals surface area contributed by atoms with Gasteiger partial charge in [-0.3, -0.25) is 4.98 Å². The minimum Gasteiger partial charge on any atom is -0.492 e. The average molecular weight is 151 g/mol. The summed E-state index contributed by atoms with van der Waals surface area (Å²) >= 11 is 0. The molecule has 0 fully saturated rings. The molecule has 1 aromatic heterocycles. The molecular weight excluding hydrogens is 138 g/mol. The highest BCUT2D eigenvalue weighted by molar-refractivity contribution is 5.29. The van der Waals surface area contributed by atoms with E-state index < -0.39 is 0 Å². The van der Waals surface area contributed by atoms with Gasteiger partial charge in [0.1, 0.15) is 5.75 Å². The third-order valence-corrected chi connectivity index (χ3v) is 1.55. The van der Waals surface area contributed by atoms with Crippen LogP contribution in [-0.2, 0) is 6.42 Å². The third kappa shape index (κ3) is 1.93. The van der Waals surface area contributed by atoms with Gasteiger partial charge in [0, 0.05) is 6.20 Å². The largest absolute Gasteiger partial charge is 0.492 e. The van der Waals surface area contributed by atoms with E-state index in [9.17, 15) is 0 Å². The fourth-order valence-corrected chi connectivity index (χ4v) is 0.986. The van der Waals surface area contributed by atoms with E-state index >= 15 is 0 Å². The average Bonchev–Trinajstić information content (AvgIpc) is 2.06. The molecule has 0 spiro atoms. The Balaban J connectivity index is 2.83. The molecule has 0 saturated carbocycles. The first kappa shape index (κ1) is 8.05. The minimum absolute atomic E-state index is 0.707. The van der Waals surface area contributed by atoms with Crippen LogP contribution < -0.4 is 4.74 Å². The van der Waals surface area contributed by atoms with Crippen molar-refractivity contribution in [1.29, 1.82) is 0 Å². The van der Waals surface area contributed by atoms with Crippen LogP contribution in [-0.4, -0.2) is 11.6 Å². The van der Waals surface area contributed by atoms with E-state index in [4.69, 9.17) is 4.74 Å². The van der Waals surface area contributed by atoms with E-state index in [2.05, 4.69) is 11.9 Å². The fourth-order valence-electron chi connectivity index (χ4n) is 0.986. The maximum atomic E-state index is 5.37. The highest BCUT2D eigenvalue weighted by atomic mass is 16.5. The molecule has 0 aliphatic carbocycles. The summed E-state index contributed by atoms with van der Waals surface area (Å²) in [5, 5.41) is 0. The molecule has 60 valence electrons. The molecule has 0 saturated heterocycles. The summed E-state index contributed by atoms with van der Waals surface area (Å²) in [6, 6.07) is 1.99. The van der Waals surface area contributed by atoms with E-state index in [1.54, 1.807) is 12.4 Å². The quantitative estimate of drug-likeness (QED) is 0.659. The normalized spacial score (nSPS) is 9.64. The van der Waals surface area contributed by atoms with Crippen LogP contribution in [0.1, 0.15) is 19.4 Å². The van der Waals surface area contributed by atoms with E-state index in [0.29, 0.717) is 6.61 Å². The van der Waals surface area contributed by atoms with Gasteiger partial charge in [-0.2, -0.15) is 0 Å². The molecule has 1 rings (SSSR count). The number of ether oxygens (including phenoxy) is 1. The van der Waals surface area contributed by atoms with Crippen LogP contribution in [0.5, 0.6) is 5.75 Å². The Morgan fingerprint density at radius 3 is 2.91 bits per heavy atom. The Kier molecular flexibility index (Phi) is 2.90. The molecule has 0 amide bonds. The summed E-state index contributed by atoms with van der Waals surface area (Å²) in [6.45, 7) is 4.79. The molecule has 0 aromatic carbocycles. The molecule has 0 aliphatic heterocycles. The first-order valence-electron chi connectivity index (χ1n) is 3.94. The molecule has 2 heteroatoms. The summed E-state index contributed by atoms with van der Waals surface area (Å²) < 4.78 is 5.37. The lowest BCUT2D eigenvalue weighted by atomic mass is 10.2. The van der Waals surface area contributed by atoms with Crippen molar-refractivity contribution in [3.63, 3.8) is 0 Å². The van der Waals surface area contributed by atoms with Crippen LogP contribution in [0.4, 0.5) is 0 Å². The van der Waals surface area contributed by atoms with E-state index in [1.807, 2.05) is 13.0 Å². The summed E-state index contributed by atoms with van der Waals surface area (Å²) in [5.74, 6) is 0.914. The predicted octanol–water partition coefficient (Wildman–Crippen LogP) is 2.04. The van der Waals surface area contributed by atoms with Crippen molar-refractivity contribution in [2.24, 2.45) is 0 Å². The van der Waals surface area contributed by atoms with Crippen LogP contribution in [0.25, 0.3) is 0 Å². The maximum Gasteiger partial charge on any atom is 0.140 e. The highest BCUT2D eigenvalue weighted by Gasteiger charge is 1.98. The van der Waals surface area contributed by atoms with Gasteiger partial charge in [0.2, 0.25) is 0 Å². The lowest BCUT2D eigenvalue weighted by Crippen LogP contribution is -1.95. The molecule has 0 N–H and O–H groups in total. The van der Waals surface area contributed by atoms with Gasteiger partial charge in [-0.1, -0.05) is 6.92 Å². The lowest BCUT2D eigenvalue weighted by Gasteiger charge is -2.06. The second-order valence-electron chi connectivity index (χ2n) is 2.27. The number of rotatable bonds is 3. The Morgan fingerprint density at radius 1 is 1.45 bits per heavy atom. The number of hydrogen-bond acceptors (Lipinski definition) is 2. The molecule has 1 heterocycles. The van der Waals surface area contributed by atoms with Crippen molar-refractivity contribution in [1.82, 2.24) is 4.98 Å². The molecule has 0 aliphatic rings. The first-order valence-corrected chi connectivity index (χ1v) is 3.94. The zero-order valence-electron chi connectivity index (χ0n) is 7.00. The number of nitrogens with zero attached hydrogens (tertiary/aromatic N) is 1. The monoisotopic (exact) mass is 151 g/mol. The van der Waals surface area contributed by atoms with E-state index in [-0.39, 0.29) is 0 Å². The van der Waals surface area contributed by atoms with Crippen LogP contribution in [0.2, 0.25) is 0 Å². The minimum atomic E-state index is 0.707. The lowest BCUT2D eigenvalue weighted by molar-refractivity contribution is 0.335. The zero-order chi connectivity index (χ0) is 8.10. The van der Waals surface area contributed by atoms with Gasteiger partial charge < -0.3 is 4.74 Å². The Morgan fingerprint density at radius 2 is 2.27 bits per heavy atom. The van der Waals surface area contributed by atoms with Crippen LogP contribution >= 0.6 is 0 Å². The SMILES string of the molecule is CCOc1cnccc1CC. The van der Waals surface area contributed by atoms with E-state index in [1.165, 1.54) is 5.56 Å². The van der Waals surface area contributed by atoms with Crippen LogP contribution in [0.15, 0.2) is 18.5 Å². The van der Waals surface area contributed by atoms with E-state index in [0.717, 1.165) is 12.2 Å².